The predicted octanol–water partition coefficient (Wildman–Crippen LogP) is 4.14. The molecule has 3 rings (SSSR count). The molecule has 1 heterocycles. The largest absolute Gasteiger partial charge is 0.353 e. The van der Waals surface area contributed by atoms with E-state index >= 15 is 0 Å². The Morgan fingerprint density at radius 3 is 2.58 bits per heavy atom. The molecule has 0 aliphatic heterocycles. The van der Waals surface area contributed by atoms with Crippen molar-refractivity contribution in [1.29, 1.82) is 0 Å². The van der Waals surface area contributed by atoms with Gasteiger partial charge in [0.25, 0.3) is 5.91 Å². The molecule has 168 valence electrons. The van der Waals surface area contributed by atoms with E-state index in [9.17, 15) is 9.59 Å². The molecule has 2 aromatic rings. The summed E-state index contributed by atoms with van der Waals surface area (Å²) in [7, 11) is 1.85. The fourth-order valence-electron chi connectivity index (χ4n) is 3.76. The molecule has 2 N–H and O–H groups in total. The number of thioether (sulfide) groups is 1. The fourth-order valence-corrected chi connectivity index (χ4v) is 4.71. The van der Waals surface area contributed by atoms with Gasteiger partial charge in [-0.2, -0.15) is 0 Å². The van der Waals surface area contributed by atoms with Crippen LogP contribution in [-0.4, -0.2) is 38.4 Å². The highest BCUT2D eigenvalue weighted by molar-refractivity contribution is 7.99. The zero-order valence-corrected chi connectivity index (χ0v) is 19.8. The molecule has 1 fully saturated rings. The van der Waals surface area contributed by atoms with Gasteiger partial charge in [0.15, 0.2) is 11.0 Å². The third-order valence-electron chi connectivity index (χ3n) is 5.52. The molecule has 0 spiro atoms. The van der Waals surface area contributed by atoms with Crippen LogP contribution in [0.4, 0.5) is 0 Å². The number of carbonyl (C=O) groups excluding carboxylic acids is 2. The Hall–Kier alpha value is -2.06. The van der Waals surface area contributed by atoms with Gasteiger partial charge in [-0.05, 0) is 30.9 Å². The minimum Gasteiger partial charge on any atom is -0.353 e. The van der Waals surface area contributed by atoms with Gasteiger partial charge in [-0.1, -0.05) is 68.6 Å². The van der Waals surface area contributed by atoms with Crippen LogP contribution in [0, 0.1) is 5.92 Å². The third kappa shape index (κ3) is 6.23. The van der Waals surface area contributed by atoms with E-state index in [1.54, 1.807) is 24.3 Å². The summed E-state index contributed by atoms with van der Waals surface area (Å²) in [5, 5.41) is 15.8. The number of hydrogen-bond acceptors (Lipinski definition) is 5. The van der Waals surface area contributed by atoms with Crippen molar-refractivity contribution in [2.45, 2.75) is 63.2 Å². The SMILES string of the molecule is CC(C)[C@@H](NC(=O)c1ccccc1Cl)c1nnc(SCC(=O)NC2CCCCC2)n1C. The summed E-state index contributed by atoms with van der Waals surface area (Å²) in [6, 6.07) is 6.90. The van der Waals surface area contributed by atoms with Crippen molar-refractivity contribution in [3.63, 3.8) is 0 Å². The number of amides is 2. The third-order valence-corrected chi connectivity index (χ3v) is 6.87. The van der Waals surface area contributed by atoms with Crippen LogP contribution in [0.1, 0.15) is 68.2 Å². The molecule has 2 amide bonds. The Morgan fingerprint density at radius 1 is 1.19 bits per heavy atom. The zero-order chi connectivity index (χ0) is 22.4. The molecule has 0 unspecified atom stereocenters. The Kier molecular flexibility index (Phi) is 8.37. The number of carbonyl (C=O) groups is 2. The van der Waals surface area contributed by atoms with Gasteiger partial charge in [0.2, 0.25) is 5.91 Å². The lowest BCUT2D eigenvalue weighted by Crippen LogP contribution is -2.37. The number of nitrogens with zero attached hydrogens (tertiary/aromatic N) is 3. The second kappa shape index (κ2) is 11.0. The van der Waals surface area contributed by atoms with Crippen LogP contribution in [0.25, 0.3) is 0 Å². The summed E-state index contributed by atoms with van der Waals surface area (Å²) in [5.41, 5.74) is 0.422. The molecule has 31 heavy (non-hydrogen) atoms. The summed E-state index contributed by atoms with van der Waals surface area (Å²) >= 11 is 7.52. The first-order valence-corrected chi connectivity index (χ1v) is 12.1. The molecule has 1 aliphatic carbocycles. The van der Waals surface area contributed by atoms with E-state index < -0.39 is 0 Å². The van der Waals surface area contributed by atoms with E-state index in [1.807, 2.05) is 25.5 Å². The summed E-state index contributed by atoms with van der Waals surface area (Å²) in [4.78, 5) is 25.1. The number of benzene rings is 1. The number of aromatic nitrogens is 3. The van der Waals surface area contributed by atoms with Gasteiger partial charge in [-0.25, -0.2) is 0 Å². The van der Waals surface area contributed by atoms with Crippen LogP contribution >= 0.6 is 23.4 Å². The molecule has 1 aliphatic rings. The Bertz CT molecular complexity index is 911. The van der Waals surface area contributed by atoms with E-state index in [4.69, 9.17) is 11.6 Å². The number of hydrogen-bond donors (Lipinski definition) is 2. The number of halogens is 1. The highest BCUT2D eigenvalue weighted by Crippen LogP contribution is 2.25. The second-order valence-corrected chi connectivity index (χ2v) is 9.62. The first-order valence-electron chi connectivity index (χ1n) is 10.7. The summed E-state index contributed by atoms with van der Waals surface area (Å²) in [6.45, 7) is 4.02. The van der Waals surface area contributed by atoms with Crippen LogP contribution in [0.5, 0.6) is 0 Å². The molecule has 1 saturated carbocycles. The molecular weight excluding hydrogens is 434 g/mol. The van der Waals surface area contributed by atoms with E-state index in [1.165, 1.54) is 31.0 Å². The van der Waals surface area contributed by atoms with Crippen molar-refractivity contribution < 1.29 is 9.59 Å². The molecule has 1 aromatic heterocycles. The summed E-state index contributed by atoms with van der Waals surface area (Å²) < 4.78 is 1.84. The average molecular weight is 464 g/mol. The lowest BCUT2D eigenvalue weighted by atomic mass is 9.95. The van der Waals surface area contributed by atoms with Gasteiger partial charge in [0.1, 0.15) is 0 Å². The van der Waals surface area contributed by atoms with Crippen molar-refractivity contribution >= 4 is 35.2 Å². The highest BCUT2D eigenvalue weighted by atomic mass is 35.5. The van der Waals surface area contributed by atoms with Gasteiger partial charge < -0.3 is 15.2 Å². The van der Waals surface area contributed by atoms with Crippen LogP contribution < -0.4 is 10.6 Å². The van der Waals surface area contributed by atoms with E-state index in [2.05, 4.69) is 20.8 Å². The quantitative estimate of drug-likeness (QED) is 0.574. The van der Waals surface area contributed by atoms with Crippen molar-refractivity contribution in [1.82, 2.24) is 25.4 Å². The monoisotopic (exact) mass is 463 g/mol. The number of nitrogens with one attached hydrogen (secondary N) is 2. The Balaban J connectivity index is 1.63. The van der Waals surface area contributed by atoms with Crippen LogP contribution in [-0.2, 0) is 11.8 Å². The first kappa shape index (κ1) is 23.6. The van der Waals surface area contributed by atoms with Gasteiger partial charge in [0, 0.05) is 13.1 Å². The Morgan fingerprint density at radius 2 is 1.90 bits per heavy atom. The smallest absolute Gasteiger partial charge is 0.253 e. The number of rotatable bonds is 8. The standard InChI is InChI=1S/C22H30ClN5O2S/c1-14(2)19(25-21(30)16-11-7-8-12-17(16)23)20-26-27-22(28(20)3)31-13-18(29)24-15-9-5-4-6-10-15/h7-8,11-12,14-15,19H,4-6,9-10,13H2,1-3H3,(H,24,29)(H,25,30)/t19-/m1/s1. The molecule has 0 saturated heterocycles. The first-order chi connectivity index (χ1) is 14.9. The predicted molar refractivity (Wildman–Crippen MR) is 123 cm³/mol. The molecular formula is C22H30ClN5O2S. The maximum Gasteiger partial charge on any atom is 0.253 e. The molecule has 1 aromatic carbocycles. The highest BCUT2D eigenvalue weighted by Gasteiger charge is 2.26. The van der Waals surface area contributed by atoms with Crippen LogP contribution in [0.2, 0.25) is 5.02 Å². The van der Waals surface area contributed by atoms with E-state index in [-0.39, 0.29) is 23.8 Å². The van der Waals surface area contributed by atoms with Crippen molar-refractivity contribution in [3.8, 4) is 0 Å². The van der Waals surface area contributed by atoms with Crippen molar-refractivity contribution in [2.24, 2.45) is 13.0 Å². The lowest BCUT2D eigenvalue weighted by molar-refractivity contribution is -0.119. The van der Waals surface area contributed by atoms with Crippen molar-refractivity contribution in [3.05, 3.63) is 40.7 Å². The molecule has 1 atom stereocenters. The summed E-state index contributed by atoms with van der Waals surface area (Å²) in [5.74, 6) is 0.787. The minimum atomic E-state index is -0.341. The molecule has 9 heteroatoms. The molecule has 7 nitrogen and oxygen atoms in total. The summed E-state index contributed by atoms with van der Waals surface area (Å²) in [6.07, 6.45) is 5.74. The maximum atomic E-state index is 12.8. The van der Waals surface area contributed by atoms with Crippen LogP contribution in [0.3, 0.4) is 0 Å². The molecule has 0 bridgehead atoms. The fraction of sp³-hybridized carbons (Fsp3) is 0.545. The van der Waals surface area contributed by atoms with Gasteiger partial charge in [-0.15, -0.1) is 10.2 Å². The normalized spacial score (nSPS) is 15.6. The van der Waals surface area contributed by atoms with E-state index in [0.29, 0.717) is 33.4 Å². The topological polar surface area (TPSA) is 88.9 Å². The average Bonchev–Trinajstić information content (AvgIpc) is 3.11. The second-order valence-electron chi connectivity index (χ2n) is 8.27. The minimum absolute atomic E-state index is 0.0221. The Labute approximate surface area is 192 Å². The maximum absolute atomic E-state index is 12.8. The van der Waals surface area contributed by atoms with Crippen LogP contribution in [0.15, 0.2) is 29.4 Å². The zero-order valence-electron chi connectivity index (χ0n) is 18.2. The lowest BCUT2D eigenvalue weighted by Gasteiger charge is -2.22. The van der Waals surface area contributed by atoms with Gasteiger partial charge >= 0.3 is 0 Å². The van der Waals surface area contributed by atoms with Gasteiger partial charge in [0.05, 0.1) is 22.4 Å². The van der Waals surface area contributed by atoms with Crippen molar-refractivity contribution in [2.75, 3.05) is 5.75 Å². The van der Waals surface area contributed by atoms with Gasteiger partial charge in [-0.3, -0.25) is 9.59 Å². The van der Waals surface area contributed by atoms with E-state index in [0.717, 1.165) is 12.8 Å². The molecule has 0 radical (unpaired) electrons.